The minimum Gasteiger partial charge on any atom is -0.354 e. The lowest BCUT2D eigenvalue weighted by molar-refractivity contribution is -0.132. The lowest BCUT2D eigenvalue weighted by atomic mass is 10.1. The number of alkyl halides is 2. The van der Waals surface area contributed by atoms with E-state index in [0.717, 1.165) is 0 Å². The van der Waals surface area contributed by atoms with Gasteiger partial charge in [-0.25, -0.2) is 13.5 Å². The van der Waals surface area contributed by atoms with Crippen LogP contribution in [0.5, 0.6) is 0 Å². The fourth-order valence-electron chi connectivity index (χ4n) is 3.11. The Morgan fingerprint density at radius 2 is 2.19 bits per heavy atom. The number of carbonyl (C=O) groups is 2. The minimum absolute atomic E-state index is 0.0199. The Hall–Kier alpha value is -2.55. The summed E-state index contributed by atoms with van der Waals surface area (Å²) < 4.78 is 29.3. The van der Waals surface area contributed by atoms with E-state index in [0.29, 0.717) is 10.6 Å². The molecule has 2 heterocycles. The highest BCUT2D eigenvalue weighted by molar-refractivity contribution is 6.30. The SMILES string of the molecule is CNC(=O)c1cn(C[C@@H]2CC(F)(F)CN2C(=O)Cc2cccc(Cl)c2)nn1. The summed E-state index contributed by atoms with van der Waals surface area (Å²) in [6.07, 6.45) is 0.881. The highest BCUT2D eigenvalue weighted by Crippen LogP contribution is 2.33. The molecule has 1 aliphatic heterocycles. The quantitative estimate of drug-likeness (QED) is 0.833. The first kappa shape index (κ1) is 19.2. The molecule has 2 amide bonds. The molecular formula is C17H18ClF2N5O2. The molecule has 1 aliphatic rings. The molecule has 2 aromatic rings. The molecule has 0 aliphatic carbocycles. The summed E-state index contributed by atoms with van der Waals surface area (Å²) >= 11 is 5.91. The number of benzene rings is 1. The largest absolute Gasteiger partial charge is 0.354 e. The van der Waals surface area contributed by atoms with Crippen molar-refractivity contribution in [3.63, 3.8) is 0 Å². The van der Waals surface area contributed by atoms with Crippen molar-refractivity contribution < 1.29 is 18.4 Å². The molecule has 0 bridgehead atoms. The van der Waals surface area contributed by atoms with E-state index >= 15 is 0 Å². The van der Waals surface area contributed by atoms with Gasteiger partial charge < -0.3 is 10.2 Å². The molecule has 144 valence electrons. The van der Waals surface area contributed by atoms with Crippen LogP contribution < -0.4 is 5.32 Å². The maximum Gasteiger partial charge on any atom is 0.273 e. The summed E-state index contributed by atoms with van der Waals surface area (Å²) in [6, 6.07) is 6.00. The second-order valence-electron chi connectivity index (χ2n) is 6.45. The zero-order valence-corrected chi connectivity index (χ0v) is 15.3. The zero-order chi connectivity index (χ0) is 19.6. The van der Waals surface area contributed by atoms with E-state index < -0.39 is 36.7 Å². The van der Waals surface area contributed by atoms with Crippen LogP contribution in [0.4, 0.5) is 8.78 Å². The van der Waals surface area contributed by atoms with Gasteiger partial charge in [-0.1, -0.05) is 28.9 Å². The third kappa shape index (κ3) is 4.60. The van der Waals surface area contributed by atoms with E-state index in [1.54, 1.807) is 24.3 Å². The van der Waals surface area contributed by atoms with Crippen molar-refractivity contribution in [2.24, 2.45) is 0 Å². The van der Waals surface area contributed by atoms with Crippen LogP contribution in [0.2, 0.25) is 5.02 Å². The molecule has 0 spiro atoms. The van der Waals surface area contributed by atoms with Gasteiger partial charge >= 0.3 is 0 Å². The molecule has 1 aromatic carbocycles. The van der Waals surface area contributed by atoms with Crippen LogP contribution in [0, 0.1) is 0 Å². The second kappa shape index (κ2) is 7.59. The van der Waals surface area contributed by atoms with Gasteiger partial charge in [-0.3, -0.25) is 9.59 Å². The molecule has 1 atom stereocenters. The molecule has 0 radical (unpaired) electrons. The van der Waals surface area contributed by atoms with Gasteiger partial charge in [-0.05, 0) is 17.7 Å². The van der Waals surface area contributed by atoms with Crippen LogP contribution in [0.15, 0.2) is 30.5 Å². The number of hydrogen-bond donors (Lipinski definition) is 1. The van der Waals surface area contributed by atoms with Crippen LogP contribution in [0.3, 0.4) is 0 Å². The number of halogens is 3. The van der Waals surface area contributed by atoms with Gasteiger partial charge in [-0.15, -0.1) is 5.10 Å². The van der Waals surface area contributed by atoms with Gasteiger partial charge in [0, 0.05) is 18.5 Å². The normalized spacial score (nSPS) is 18.5. The molecule has 10 heteroatoms. The molecule has 27 heavy (non-hydrogen) atoms. The molecule has 0 unspecified atom stereocenters. The molecule has 1 fully saturated rings. The number of aromatic nitrogens is 3. The van der Waals surface area contributed by atoms with Crippen molar-refractivity contribution in [3.8, 4) is 0 Å². The molecule has 1 aromatic heterocycles. The van der Waals surface area contributed by atoms with E-state index in [1.807, 2.05) is 0 Å². The Labute approximate surface area is 159 Å². The van der Waals surface area contributed by atoms with Crippen LogP contribution in [0.1, 0.15) is 22.5 Å². The minimum atomic E-state index is -2.97. The Morgan fingerprint density at radius 1 is 1.41 bits per heavy atom. The standard InChI is InChI=1S/C17H18ClF2N5O2/c1-21-16(27)14-9-24(23-22-14)8-13-7-17(19,20)10-25(13)15(26)6-11-3-2-4-12(18)5-11/h2-5,9,13H,6-8,10H2,1H3,(H,21,27)/t13-/m0/s1. The van der Waals surface area contributed by atoms with Crippen molar-refractivity contribution in [2.45, 2.75) is 31.4 Å². The van der Waals surface area contributed by atoms with Gasteiger partial charge in [0.2, 0.25) is 5.91 Å². The Bertz CT molecular complexity index is 857. The number of amides is 2. The maximum atomic E-state index is 14.0. The summed E-state index contributed by atoms with van der Waals surface area (Å²) in [7, 11) is 1.45. The number of nitrogens with one attached hydrogen (secondary N) is 1. The first-order valence-corrected chi connectivity index (χ1v) is 8.69. The molecular weight excluding hydrogens is 380 g/mol. The summed E-state index contributed by atoms with van der Waals surface area (Å²) in [5, 5.41) is 10.4. The first-order chi connectivity index (χ1) is 12.8. The average Bonchev–Trinajstić information content (AvgIpc) is 3.18. The smallest absolute Gasteiger partial charge is 0.273 e. The predicted octanol–water partition coefficient (Wildman–Crippen LogP) is 1.77. The lowest BCUT2D eigenvalue weighted by Gasteiger charge is -2.23. The predicted molar refractivity (Wildman–Crippen MR) is 93.6 cm³/mol. The Morgan fingerprint density at radius 3 is 2.89 bits per heavy atom. The third-order valence-electron chi connectivity index (χ3n) is 4.34. The highest BCUT2D eigenvalue weighted by atomic mass is 35.5. The van der Waals surface area contributed by atoms with Crippen molar-refractivity contribution in [1.29, 1.82) is 0 Å². The van der Waals surface area contributed by atoms with E-state index in [2.05, 4.69) is 15.6 Å². The molecule has 1 N–H and O–H groups in total. The van der Waals surface area contributed by atoms with Gasteiger partial charge in [-0.2, -0.15) is 0 Å². The van der Waals surface area contributed by atoms with Crippen molar-refractivity contribution >= 4 is 23.4 Å². The monoisotopic (exact) mass is 397 g/mol. The number of carbonyl (C=O) groups excluding carboxylic acids is 2. The van der Waals surface area contributed by atoms with E-state index in [9.17, 15) is 18.4 Å². The topological polar surface area (TPSA) is 80.1 Å². The summed E-state index contributed by atoms with van der Waals surface area (Å²) in [6.45, 7) is -0.616. The molecule has 1 saturated heterocycles. The summed E-state index contributed by atoms with van der Waals surface area (Å²) in [4.78, 5) is 25.3. The van der Waals surface area contributed by atoms with E-state index in [4.69, 9.17) is 11.6 Å². The van der Waals surface area contributed by atoms with Crippen LogP contribution >= 0.6 is 11.6 Å². The van der Waals surface area contributed by atoms with Gasteiger partial charge in [0.15, 0.2) is 5.69 Å². The number of rotatable bonds is 5. The van der Waals surface area contributed by atoms with Gasteiger partial charge in [0.1, 0.15) is 0 Å². The summed E-state index contributed by atoms with van der Waals surface area (Å²) in [5.41, 5.74) is 0.739. The van der Waals surface area contributed by atoms with Crippen LogP contribution in [0.25, 0.3) is 0 Å². The van der Waals surface area contributed by atoms with E-state index in [1.165, 1.54) is 22.8 Å². The number of nitrogens with zero attached hydrogens (tertiary/aromatic N) is 4. The van der Waals surface area contributed by atoms with Crippen molar-refractivity contribution in [3.05, 3.63) is 46.7 Å². The van der Waals surface area contributed by atoms with Gasteiger partial charge in [0.25, 0.3) is 11.8 Å². The third-order valence-corrected chi connectivity index (χ3v) is 4.57. The number of likely N-dealkylation sites (tertiary alicyclic amines) is 1. The fraction of sp³-hybridized carbons (Fsp3) is 0.412. The average molecular weight is 398 g/mol. The first-order valence-electron chi connectivity index (χ1n) is 8.31. The van der Waals surface area contributed by atoms with E-state index in [-0.39, 0.29) is 18.7 Å². The molecule has 3 rings (SSSR count). The maximum absolute atomic E-state index is 14.0. The molecule has 7 nitrogen and oxygen atoms in total. The zero-order valence-electron chi connectivity index (χ0n) is 14.5. The van der Waals surface area contributed by atoms with Crippen LogP contribution in [-0.4, -0.2) is 57.3 Å². The van der Waals surface area contributed by atoms with Gasteiger partial charge in [0.05, 0.1) is 31.7 Å². The van der Waals surface area contributed by atoms with Crippen molar-refractivity contribution in [1.82, 2.24) is 25.2 Å². The highest BCUT2D eigenvalue weighted by Gasteiger charge is 2.47. The second-order valence-corrected chi connectivity index (χ2v) is 6.88. The molecule has 0 saturated carbocycles. The number of hydrogen-bond acceptors (Lipinski definition) is 4. The Balaban J connectivity index is 1.73. The fourth-order valence-corrected chi connectivity index (χ4v) is 3.32. The summed E-state index contributed by atoms with van der Waals surface area (Å²) in [5.74, 6) is -3.81. The lowest BCUT2D eigenvalue weighted by Crippen LogP contribution is -2.39. The Kier molecular flexibility index (Phi) is 5.41. The van der Waals surface area contributed by atoms with Crippen LogP contribution in [-0.2, 0) is 17.8 Å². The van der Waals surface area contributed by atoms with Crippen molar-refractivity contribution in [2.75, 3.05) is 13.6 Å².